The van der Waals surface area contributed by atoms with Crippen molar-refractivity contribution >= 4 is 17.8 Å². The van der Waals surface area contributed by atoms with E-state index >= 15 is 0 Å². The topological polar surface area (TPSA) is 129 Å². The molecule has 0 amide bonds. The second-order valence-electron chi connectivity index (χ2n) is 7.37. The van der Waals surface area contributed by atoms with Gasteiger partial charge in [0, 0.05) is 32.7 Å². The van der Waals surface area contributed by atoms with Gasteiger partial charge in [0.25, 0.3) is 0 Å². The molecule has 0 radical (unpaired) electrons. The smallest absolute Gasteiger partial charge is 0.406 e. The summed E-state index contributed by atoms with van der Waals surface area (Å²) in [5.74, 6) is 0.922. The van der Waals surface area contributed by atoms with Gasteiger partial charge in [-0.15, -0.1) is 13.2 Å². The zero-order valence-corrected chi connectivity index (χ0v) is 19.2. The molecule has 1 aromatic carbocycles. The van der Waals surface area contributed by atoms with Crippen molar-refractivity contribution in [2.75, 3.05) is 81.4 Å². The van der Waals surface area contributed by atoms with Gasteiger partial charge in [-0.05, 0) is 17.7 Å². The van der Waals surface area contributed by atoms with Crippen LogP contribution in [0.5, 0.6) is 5.75 Å². The molecule has 0 atom stereocenters. The van der Waals surface area contributed by atoms with Crippen molar-refractivity contribution in [2.24, 2.45) is 5.73 Å². The Kier molecular flexibility index (Phi) is 10.5. The Hall–Kier alpha value is -2.94. The van der Waals surface area contributed by atoms with Crippen LogP contribution in [-0.2, 0) is 20.8 Å². The Balaban J connectivity index is 1.57. The molecule has 1 fully saturated rings. The molecule has 1 saturated heterocycles. The van der Waals surface area contributed by atoms with E-state index in [0.29, 0.717) is 90.2 Å². The van der Waals surface area contributed by atoms with Crippen molar-refractivity contribution in [2.45, 2.75) is 12.9 Å². The molecule has 0 aliphatic carbocycles. The van der Waals surface area contributed by atoms with Gasteiger partial charge in [0.1, 0.15) is 5.75 Å². The summed E-state index contributed by atoms with van der Waals surface area (Å²) in [5, 5.41) is 6.22. The molecule has 0 unspecified atom stereocenters. The molecule has 0 bridgehead atoms. The number of morpholine rings is 1. The van der Waals surface area contributed by atoms with Crippen molar-refractivity contribution in [3.8, 4) is 5.75 Å². The number of benzene rings is 1. The Morgan fingerprint density at radius 3 is 2.23 bits per heavy atom. The molecule has 0 saturated carbocycles. The van der Waals surface area contributed by atoms with Gasteiger partial charge < -0.3 is 40.2 Å². The third-order valence-electron chi connectivity index (χ3n) is 4.69. The SMILES string of the molecule is NCCOCCOCCNc1nc(NCc2ccc(OC(F)(F)F)cc2)nc(N2CCOCC2)n1. The van der Waals surface area contributed by atoms with E-state index in [2.05, 4.69) is 30.3 Å². The number of rotatable bonds is 14. The quantitative estimate of drug-likeness (QED) is 0.327. The number of aromatic nitrogens is 3. The molecule has 1 aliphatic heterocycles. The fourth-order valence-electron chi connectivity index (χ4n) is 3.06. The molecule has 2 heterocycles. The first-order chi connectivity index (χ1) is 16.9. The largest absolute Gasteiger partial charge is 0.573 e. The van der Waals surface area contributed by atoms with E-state index in [-0.39, 0.29) is 5.75 Å². The monoisotopic (exact) mass is 501 g/mol. The number of nitrogens with zero attached hydrogens (tertiary/aromatic N) is 4. The van der Waals surface area contributed by atoms with Crippen LogP contribution in [0.1, 0.15) is 5.56 Å². The van der Waals surface area contributed by atoms with Gasteiger partial charge in [0.15, 0.2) is 0 Å². The highest BCUT2D eigenvalue weighted by atomic mass is 19.4. The average molecular weight is 502 g/mol. The molecule has 14 heteroatoms. The van der Waals surface area contributed by atoms with Gasteiger partial charge in [-0.1, -0.05) is 12.1 Å². The van der Waals surface area contributed by atoms with E-state index in [4.69, 9.17) is 19.9 Å². The van der Waals surface area contributed by atoms with Crippen LogP contribution in [0.15, 0.2) is 24.3 Å². The summed E-state index contributed by atoms with van der Waals surface area (Å²) >= 11 is 0. The van der Waals surface area contributed by atoms with Gasteiger partial charge >= 0.3 is 6.36 Å². The van der Waals surface area contributed by atoms with Crippen molar-refractivity contribution in [3.63, 3.8) is 0 Å². The molecule has 1 aromatic heterocycles. The molecule has 1 aliphatic rings. The Bertz CT molecular complexity index is 884. The Morgan fingerprint density at radius 2 is 1.57 bits per heavy atom. The van der Waals surface area contributed by atoms with Crippen molar-refractivity contribution < 1.29 is 32.1 Å². The first-order valence-corrected chi connectivity index (χ1v) is 11.2. The summed E-state index contributed by atoms with van der Waals surface area (Å²) in [5.41, 5.74) is 6.09. The number of nitrogens with two attached hydrogens (primary N) is 1. The van der Waals surface area contributed by atoms with Crippen LogP contribution in [0.4, 0.5) is 31.0 Å². The van der Waals surface area contributed by atoms with Crippen molar-refractivity contribution in [3.05, 3.63) is 29.8 Å². The number of ether oxygens (including phenoxy) is 4. The van der Waals surface area contributed by atoms with Crippen LogP contribution in [0.3, 0.4) is 0 Å². The maximum Gasteiger partial charge on any atom is 0.573 e. The maximum absolute atomic E-state index is 12.3. The highest BCUT2D eigenvalue weighted by Crippen LogP contribution is 2.23. The Morgan fingerprint density at radius 1 is 0.914 bits per heavy atom. The zero-order valence-electron chi connectivity index (χ0n) is 19.2. The zero-order chi connectivity index (χ0) is 24.9. The van der Waals surface area contributed by atoms with E-state index in [0.717, 1.165) is 5.56 Å². The lowest BCUT2D eigenvalue weighted by Crippen LogP contribution is -2.37. The second-order valence-corrected chi connectivity index (χ2v) is 7.37. The highest BCUT2D eigenvalue weighted by Gasteiger charge is 2.30. The van der Waals surface area contributed by atoms with Crippen LogP contribution in [0.2, 0.25) is 0 Å². The molecule has 2 aromatic rings. The fourth-order valence-corrected chi connectivity index (χ4v) is 3.06. The van der Waals surface area contributed by atoms with E-state index in [1.807, 2.05) is 4.90 Å². The van der Waals surface area contributed by atoms with Gasteiger partial charge in [0.2, 0.25) is 17.8 Å². The number of hydrogen-bond acceptors (Lipinski definition) is 11. The average Bonchev–Trinajstić information content (AvgIpc) is 2.85. The molecule has 35 heavy (non-hydrogen) atoms. The normalized spacial score (nSPS) is 14.1. The third kappa shape index (κ3) is 10.1. The van der Waals surface area contributed by atoms with Crippen LogP contribution < -0.4 is 26.0 Å². The van der Waals surface area contributed by atoms with E-state index in [1.54, 1.807) is 0 Å². The van der Waals surface area contributed by atoms with Crippen LogP contribution >= 0.6 is 0 Å². The molecule has 194 valence electrons. The first-order valence-electron chi connectivity index (χ1n) is 11.2. The predicted molar refractivity (Wildman–Crippen MR) is 122 cm³/mol. The van der Waals surface area contributed by atoms with Crippen LogP contribution in [0.25, 0.3) is 0 Å². The van der Waals surface area contributed by atoms with Gasteiger partial charge in [-0.25, -0.2) is 0 Å². The number of hydrogen-bond donors (Lipinski definition) is 3. The summed E-state index contributed by atoms with van der Waals surface area (Å²) in [7, 11) is 0. The molecule has 3 rings (SSSR count). The lowest BCUT2D eigenvalue weighted by molar-refractivity contribution is -0.274. The predicted octanol–water partition coefficient (Wildman–Crippen LogP) is 1.62. The van der Waals surface area contributed by atoms with E-state index in [1.165, 1.54) is 24.3 Å². The minimum Gasteiger partial charge on any atom is -0.406 e. The van der Waals surface area contributed by atoms with Crippen molar-refractivity contribution in [1.82, 2.24) is 15.0 Å². The molecular weight excluding hydrogens is 471 g/mol. The Labute approximate surface area is 201 Å². The van der Waals surface area contributed by atoms with Gasteiger partial charge in [-0.2, -0.15) is 15.0 Å². The summed E-state index contributed by atoms with van der Waals surface area (Å²) in [6.07, 6.45) is -4.73. The van der Waals surface area contributed by atoms with E-state index < -0.39 is 6.36 Å². The minimum absolute atomic E-state index is 0.282. The number of nitrogens with one attached hydrogen (secondary N) is 2. The molecule has 0 spiro atoms. The summed E-state index contributed by atoms with van der Waals surface area (Å²) in [4.78, 5) is 15.4. The second kappa shape index (κ2) is 13.8. The van der Waals surface area contributed by atoms with Crippen LogP contribution in [-0.4, -0.2) is 87.1 Å². The van der Waals surface area contributed by atoms with E-state index in [9.17, 15) is 13.2 Å². The van der Waals surface area contributed by atoms with Gasteiger partial charge in [-0.3, -0.25) is 0 Å². The number of halogens is 3. The first kappa shape index (κ1) is 26.7. The van der Waals surface area contributed by atoms with Gasteiger partial charge in [0.05, 0.1) is 39.6 Å². The minimum atomic E-state index is -4.73. The molecule has 11 nitrogen and oxygen atoms in total. The summed E-state index contributed by atoms with van der Waals surface area (Å²) in [6.45, 7) is 5.54. The maximum atomic E-state index is 12.3. The summed E-state index contributed by atoms with van der Waals surface area (Å²) in [6, 6.07) is 5.58. The molecule has 4 N–H and O–H groups in total. The lowest BCUT2D eigenvalue weighted by Gasteiger charge is -2.27. The highest BCUT2D eigenvalue weighted by molar-refractivity contribution is 5.44. The fraction of sp³-hybridized carbons (Fsp3) is 0.571. The standard InChI is InChI=1S/C21H30F3N7O4/c22-21(23,24)35-17-3-1-16(2-4-17)15-27-19-28-18(26-6-10-33-14-13-32-9-5-25)29-20(30-19)31-7-11-34-12-8-31/h1-4H,5-15,25H2,(H2,26,27,28,29,30). The molecular formula is C21H30F3N7O4. The van der Waals surface area contributed by atoms with Crippen LogP contribution in [0, 0.1) is 0 Å². The lowest BCUT2D eigenvalue weighted by atomic mass is 10.2. The number of anilines is 3. The number of alkyl halides is 3. The van der Waals surface area contributed by atoms with Crippen molar-refractivity contribution in [1.29, 1.82) is 0 Å². The summed E-state index contributed by atoms with van der Waals surface area (Å²) < 4.78 is 57.1. The third-order valence-corrected chi connectivity index (χ3v) is 4.69.